The Morgan fingerprint density at radius 2 is 1.09 bits per heavy atom. The van der Waals surface area contributed by atoms with Crippen LogP contribution in [-0.2, 0) is 30.7 Å². The molecule has 0 heterocycles. The van der Waals surface area contributed by atoms with Crippen molar-refractivity contribution in [3.05, 3.63) is 0 Å². The minimum atomic E-state index is -1.22. The Morgan fingerprint density at radius 3 is 1.09 bits per heavy atom. The van der Waals surface area contributed by atoms with Crippen molar-refractivity contribution in [2.45, 2.75) is 0 Å². The van der Waals surface area contributed by atoms with E-state index in [2.05, 4.69) is 11.5 Å². The molecule has 68 valence electrons. The summed E-state index contributed by atoms with van der Waals surface area (Å²) in [6.07, 6.45) is 0. The Hall–Kier alpha value is -0.452. The number of nitrogens with two attached hydrogens (primary N) is 2. The van der Waals surface area contributed by atoms with Crippen molar-refractivity contribution < 1.29 is 40.9 Å². The van der Waals surface area contributed by atoms with Gasteiger partial charge in [-0.05, 0) is 0 Å². The summed E-state index contributed by atoms with van der Waals surface area (Å²) in [6, 6.07) is 0. The predicted molar refractivity (Wildman–Crippen MR) is 28.1 cm³/mol. The first-order chi connectivity index (χ1) is 4.54. The van der Waals surface area contributed by atoms with Crippen molar-refractivity contribution in [2.24, 2.45) is 11.5 Å². The number of hydrogen-bond acceptors (Lipinski definition) is 6. The normalized spacial score (nSPS) is 6.73. The Labute approximate surface area is 77.8 Å². The molecule has 0 aliphatic heterocycles. The monoisotopic (exact) mass is 343 g/mol. The zero-order valence-electron chi connectivity index (χ0n) is 5.52. The summed E-state index contributed by atoms with van der Waals surface area (Å²) in [5.41, 5.74) is 9.02. The van der Waals surface area contributed by atoms with Gasteiger partial charge in [-0.15, -0.1) is 0 Å². The van der Waals surface area contributed by atoms with Crippen LogP contribution in [0.5, 0.6) is 0 Å². The number of carbonyl (C=O) groups excluding carboxylic acids is 2. The molecule has 7 heteroatoms. The van der Waals surface area contributed by atoms with E-state index in [9.17, 15) is 0 Å². The summed E-state index contributed by atoms with van der Waals surface area (Å²) in [4.78, 5) is 18.3. The standard InChI is InChI=1S/2C2H5NO2.Pt/c2*3-1-2(4)5;/h2*1,3H2,(H,4,5);/q;;+2/p-2. The third-order valence-electron chi connectivity index (χ3n) is 0.333. The smallest absolute Gasteiger partial charge is 0.549 e. The molecule has 0 aliphatic carbocycles. The molecule has 0 saturated heterocycles. The summed E-state index contributed by atoms with van der Waals surface area (Å²) in [5.74, 6) is -2.44. The molecule has 0 aromatic heterocycles. The topological polar surface area (TPSA) is 132 Å². The van der Waals surface area contributed by atoms with Gasteiger partial charge in [-0.3, -0.25) is 0 Å². The average Bonchev–Trinajstić information content (AvgIpc) is 1.89. The van der Waals surface area contributed by atoms with Gasteiger partial charge in [0.15, 0.2) is 0 Å². The molecule has 0 radical (unpaired) electrons. The van der Waals surface area contributed by atoms with Crippen LogP contribution in [0.25, 0.3) is 0 Å². The summed E-state index contributed by atoms with van der Waals surface area (Å²) in [6.45, 7) is -0.778. The molecule has 0 fully saturated rings. The fraction of sp³-hybridized carbons (Fsp3) is 0.500. The second-order valence-corrected chi connectivity index (χ2v) is 1.15. The maximum atomic E-state index is 9.13. The van der Waals surface area contributed by atoms with Crippen LogP contribution in [0, 0.1) is 0 Å². The SMILES string of the molecule is NCC(=O)[O-].NCC(=O)[O-].[Pt+2]. The zero-order chi connectivity index (χ0) is 8.57. The number of carboxylic acids is 2. The van der Waals surface area contributed by atoms with Crippen LogP contribution >= 0.6 is 0 Å². The van der Waals surface area contributed by atoms with Crippen molar-refractivity contribution in [1.82, 2.24) is 0 Å². The maximum absolute atomic E-state index is 9.13. The molecule has 0 bridgehead atoms. The molecule has 0 saturated carbocycles. The van der Waals surface area contributed by atoms with Gasteiger partial charge in [0.1, 0.15) is 0 Å². The molecule has 0 aromatic rings. The molecule has 0 unspecified atom stereocenters. The van der Waals surface area contributed by atoms with Gasteiger partial charge < -0.3 is 31.3 Å². The number of hydrogen-bond donors (Lipinski definition) is 2. The Balaban J connectivity index is -0.000000107. The summed E-state index contributed by atoms with van der Waals surface area (Å²) < 4.78 is 0. The Kier molecular flexibility index (Phi) is 18.8. The van der Waals surface area contributed by atoms with Gasteiger partial charge in [0.2, 0.25) is 0 Å². The first-order valence-corrected chi connectivity index (χ1v) is 2.34. The molecule has 0 aliphatic rings. The van der Waals surface area contributed by atoms with Crippen LogP contribution in [0.1, 0.15) is 0 Å². The molecule has 6 nitrogen and oxygen atoms in total. The third kappa shape index (κ3) is 43.2. The molecule has 0 atom stereocenters. The van der Waals surface area contributed by atoms with E-state index < -0.39 is 11.9 Å². The predicted octanol–water partition coefficient (Wildman–Crippen LogP) is -4.61. The van der Waals surface area contributed by atoms with Crippen LogP contribution in [0.3, 0.4) is 0 Å². The molecular formula is C4H8N2O4Pt. The number of carbonyl (C=O) groups is 2. The number of carboxylic acid groups (broad SMARTS) is 2. The van der Waals surface area contributed by atoms with E-state index in [1.54, 1.807) is 0 Å². The average molecular weight is 343 g/mol. The Bertz CT molecular complexity index is 105. The van der Waals surface area contributed by atoms with E-state index in [-0.39, 0.29) is 34.2 Å². The van der Waals surface area contributed by atoms with Gasteiger partial charge in [-0.2, -0.15) is 0 Å². The fourth-order valence-electron chi connectivity index (χ4n) is 0. The molecule has 0 rings (SSSR count). The second-order valence-electron chi connectivity index (χ2n) is 1.15. The minimum absolute atomic E-state index is 0. The number of rotatable bonds is 2. The van der Waals surface area contributed by atoms with E-state index >= 15 is 0 Å². The van der Waals surface area contributed by atoms with E-state index in [1.807, 2.05) is 0 Å². The first-order valence-electron chi connectivity index (χ1n) is 2.34. The molecule has 4 N–H and O–H groups in total. The first kappa shape index (κ1) is 16.9. The zero-order valence-corrected chi connectivity index (χ0v) is 7.79. The molecule has 0 spiro atoms. The van der Waals surface area contributed by atoms with Gasteiger partial charge in [0.25, 0.3) is 0 Å². The molecule has 11 heavy (non-hydrogen) atoms. The van der Waals surface area contributed by atoms with Crippen LogP contribution in [-0.4, -0.2) is 25.0 Å². The van der Waals surface area contributed by atoms with Crippen LogP contribution in [0.2, 0.25) is 0 Å². The maximum Gasteiger partial charge on any atom is 2.00 e. The summed E-state index contributed by atoms with van der Waals surface area (Å²) in [5, 5.41) is 18.3. The minimum Gasteiger partial charge on any atom is -0.549 e. The summed E-state index contributed by atoms with van der Waals surface area (Å²) >= 11 is 0. The third-order valence-corrected chi connectivity index (χ3v) is 0.333. The van der Waals surface area contributed by atoms with Crippen LogP contribution in [0.15, 0.2) is 0 Å². The molecule has 0 aromatic carbocycles. The molecular weight excluding hydrogens is 335 g/mol. The van der Waals surface area contributed by atoms with Gasteiger partial charge in [0, 0.05) is 13.1 Å². The van der Waals surface area contributed by atoms with Gasteiger partial charge >= 0.3 is 21.1 Å². The van der Waals surface area contributed by atoms with Crippen LogP contribution < -0.4 is 21.7 Å². The van der Waals surface area contributed by atoms with E-state index in [1.165, 1.54) is 0 Å². The van der Waals surface area contributed by atoms with Crippen molar-refractivity contribution in [3.63, 3.8) is 0 Å². The van der Waals surface area contributed by atoms with E-state index in [0.29, 0.717) is 0 Å². The van der Waals surface area contributed by atoms with Crippen molar-refractivity contribution in [1.29, 1.82) is 0 Å². The largest absolute Gasteiger partial charge is 2.00 e. The quantitative estimate of drug-likeness (QED) is 0.518. The fourth-order valence-corrected chi connectivity index (χ4v) is 0. The van der Waals surface area contributed by atoms with Crippen molar-refractivity contribution in [2.75, 3.05) is 13.1 Å². The Morgan fingerprint density at radius 1 is 1.00 bits per heavy atom. The van der Waals surface area contributed by atoms with Gasteiger partial charge in [0.05, 0.1) is 11.9 Å². The summed E-state index contributed by atoms with van der Waals surface area (Å²) in [7, 11) is 0. The van der Waals surface area contributed by atoms with Crippen molar-refractivity contribution >= 4 is 11.9 Å². The van der Waals surface area contributed by atoms with Crippen molar-refractivity contribution in [3.8, 4) is 0 Å². The number of aliphatic carboxylic acids is 2. The van der Waals surface area contributed by atoms with Gasteiger partial charge in [-0.1, -0.05) is 0 Å². The molecule has 0 amide bonds. The van der Waals surface area contributed by atoms with Crippen LogP contribution in [0.4, 0.5) is 0 Å². The van der Waals surface area contributed by atoms with Gasteiger partial charge in [-0.25, -0.2) is 0 Å². The van der Waals surface area contributed by atoms with E-state index in [4.69, 9.17) is 19.8 Å². The second kappa shape index (κ2) is 12.2. The van der Waals surface area contributed by atoms with E-state index in [0.717, 1.165) is 0 Å².